The summed E-state index contributed by atoms with van der Waals surface area (Å²) in [7, 11) is 0. The standard InChI is InChI=1S/C16H19FN2O2/c1-10(9-20)18-16(21)15-8-11(2)19(12(15)3)14-6-4-13(17)5-7-14/h4-8,10,20H,9H2,1-3H3,(H,18,21). The first kappa shape index (κ1) is 15.3. The fourth-order valence-electron chi connectivity index (χ4n) is 2.33. The number of rotatable bonds is 4. The molecule has 1 unspecified atom stereocenters. The van der Waals surface area contributed by atoms with Gasteiger partial charge in [-0.15, -0.1) is 0 Å². The third-order valence-electron chi connectivity index (χ3n) is 3.41. The minimum Gasteiger partial charge on any atom is -0.394 e. The largest absolute Gasteiger partial charge is 0.394 e. The summed E-state index contributed by atoms with van der Waals surface area (Å²) in [5.74, 6) is -0.519. The fourth-order valence-corrected chi connectivity index (χ4v) is 2.33. The van der Waals surface area contributed by atoms with Crippen molar-refractivity contribution in [3.8, 4) is 5.69 Å². The van der Waals surface area contributed by atoms with Gasteiger partial charge in [0.05, 0.1) is 12.2 Å². The van der Waals surface area contributed by atoms with Gasteiger partial charge in [0, 0.05) is 23.1 Å². The number of aliphatic hydroxyl groups excluding tert-OH is 1. The topological polar surface area (TPSA) is 54.3 Å². The molecule has 0 fully saturated rings. The van der Waals surface area contributed by atoms with Crippen molar-refractivity contribution in [3.05, 3.63) is 53.1 Å². The van der Waals surface area contributed by atoms with Gasteiger partial charge in [0.15, 0.2) is 0 Å². The quantitative estimate of drug-likeness (QED) is 0.908. The van der Waals surface area contributed by atoms with Gasteiger partial charge in [-0.25, -0.2) is 4.39 Å². The van der Waals surface area contributed by atoms with Crippen molar-refractivity contribution in [2.24, 2.45) is 0 Å². The number of carbonyl (C=O) groups is 1. The molecule has 2 aromatic rings. The van der Waals surface area contributed by atoms with E-state index in [0.29, 0.717) is 5.56 Å². The molecule has 2 rings (SSSR count). The van der Waals surface area contributed by atoms with Gasteiger partial charge >= 0.3 is 0 Å². The summed E-state index contributed by atoms with van der Waals surface area (Å²) < 4.78 is 14.9. The molecule has 4 nitrogen and oxygen atoms in total. The maximum absolute atomic E-state index is 13.0. The zero-order valence-corrected chi connectivity index (χ0v) is 12.4. The second-order valence-corrected chi connectivity index (χ2v) is 5.15. The van der Waals surface area contributed by atoms with E-state index in [1.807, 2.05) is 18.4 Å². The summed E-state index contributed by atoms with van der Waals surface area (Å²) >= 11 is 0. The van der Waals surface area contributed by atoms with Crippen molar-refractivity contribution >= 4 is 5.91 Å². The van der Waals surface area contributed by atoms with Crippen molar-refractivity contribution in [2.75, 3.05) is 6.61 Å². The lowest BCUT2D eigenvalue weighted by molar-refractivity contribution is 0.0921. The highest BCUT2D eigenvalue weighted by Crippen LogP contribution is 2.21. The summed E-state index contributed by atoms with van der Waals surface area (Å²) in [5.41, 5.74) is 3.03. The van der Waals surface area contributed by atoms with E-state index in [0.717, 1.165) is 17.1 Å². The average Bonchev–Trinajstić information content (AvgIpc) is 2.75. The van der Waals surface area contributed by atoms with Crippen LogP contribution in [0.2, 0.25) is 0 Å². The SMILES string of the molecule is Cc1cc(C(=O)NC(C)CO)c(C)n1-c1ccc(F)cc1. The highest BCUT2D eigenvalue weighted by molar-refractivity contribution is 5.96. The average molecular weight is 290 g/mol. The molecule has 112 valence electrons. The molecule has 0 spiro atoms. The van der Waals surface area contributed by atoms with Crippen molar-refractivity contribution in [1.29, 1.82) is 0 Å². The van der Waals surface area contributed by atoms with Crippen LogP contribution < -0.4 is 5.32 Å². The summed E-state index contributed by atoms with van der Waals surface area (Å²) in [6, 6.07) is 7.62. The fraction of sp³-hybridized carbons (Fsp3) is 0.312. The van der Waals surface area contributed by atoms with Crippen LogP contribution in [0, 0.1) is 19.7 Å². The third-order valence-corrected chi connectivity index (χ3v) is 3.41. The molecule has 0 aliphatic heterocycles. The number of aryl methyl sites for hydroxylation is 1. The number of amides is 1. The number of aliphatic hydroxyl groups is 1. The minimum absolute atomic E-state index is 0.109. The Labute approximate surface area is 123 Å². The smallest absolute Gasteiger partial charge is 0.253 e. The lowest BCUT2D eigenvalue weighted by Crippen LogP contribution is -2.35. The van der Waals surface area contributed by atoms with E-state index in [1.54, 1.807) is 25.1 Å². The van der Waals surface area contributed by atoms with Crippen LogP contribution in [-0.2, 0) is 0 Å². The highest BCUT2D eigenvalue weighted by atomic mass is 19.1. The molecule has 2 N–H and O–H groups in total. The van der Waals surface area contributed by atoms with Crippen LogP contribution in [0.15, 0.2) is 30.3 Å². The molecule has 1 heterocycles. The van der Waals surface area contributed by atoms with Crippen molar-refractivity contribution in [3.63, 3.8) is 0 Å². The normalized spacial score (nSPS) is 12.2. The van der Waals surface area contributed by atoms with Gasteiger partial charge < -0.3 is 15.0 Å². The second kappa shape index (κ2) is 6.10. The summed E-state index contributed by atoms with van der Waals surface area (Å²) in [6.07, 6.45) is 0. The highest BCUT2D eigenvalue weighted by Gasteiger charge is 2.17. The number of benzene rings is 1. The van der Waals surface area contributed by atoms with Gasteiger partial charge in [-0.2, -0.15) is 0 Å². The van der Waals surface area contributed by atoms with Crippen LogP contribution in [-0.4, -0.2) is 28.2 Å². The molecule has 1 aromatic carbocycles. The molecular weight excluding hydrogens is 271 g/mol. The van der Waals surface area contributed by atoms with Crippen LogP contribution in [0.1, 0.15) is 28.7 Å². The van der Waals surface area contributed by atoms with E-state index in [2.05, 4.69) is 5.32 Å². The van der Waals surface area contributed by atoms with Crippen molar-refractivity contribution in [2.45, 2.75) is 26.8 Å². The molecule has 0 aliphatic carbocycles. The molecule has 5 heteroatoms. The van der Waals surface area contributed by atoms with E-state index in [4.69, 9.17) is 5.11 Å². The Hall–Kier alpha value is -2.14. The third kappa shape index (κ3) is 3.13. The minimum atomic E-state index is -0.300. The monoisotopic (exact) mass is 290 g/mol. The van der Waals surface area contributed by atoms with E-state index in [1.165, 1.54) is 12.1 Å². The van der Waals surface area contributed by atoms with Crippen LogP contribution >= 0.6 is 0 Å². The maximum atomic E-state index is 13.0. The second-order valence-electron chi connectivity index (χ2n) is 5.15. The van der Waals surface area contributed by atoms with E-state index < -0.39 is 0 Å². The molecular formula is C16H19FN2O2. The number of aromatic nitrogens is 1. The number of hydrogen-bond acceptors (Lipinski definition) is 2. The molecule has 0 radical (unpaired) electrons. The Kier molecular flexibility index (Phi) is 4.43. The van der Waals surface area contributed by atoms with Crippen LogP contribution in [0.25, 0.3) is 5.69 Å². The predicted octanol–water partition coefficient (Wildman–Crippen LogP) is 2.34. The lowest BCUT2D eigenvalue weighted by Gasteiger charge is -2.12. The molecule has 0 bridgehead atoms. The first-order valence-corrected chi connectivity index (χ1v) is 6.80. The van der Waals surface area contributed by atoms with Crippen LogP contribution in [0.3, 0.4) is 0 Å². The first-order valence-electron chi connectivity index (χ1n) is 6.80. The maximum Gasteiger partial charge on any atom is 0.253 e. The number of nitrogens with zero attached hydrogens (tertiary/aromatic N) is 1. The van der Waals surface area contributed by atoms with E-state index in [-0.39, 0.29) is 24.4 Å². The zero-order valence-electron chi connectivity index (χ0n) is 12.4. The number of carbonyl (C=O) groups excluding carboxylic acids is 1. The van der Waals surface area contributed by atoms with Gasteiger partial charge in [-0.05, 0) is 51.1 Å². The summed E-state index contributed by atoms with van der Waals surface area (Å²) in [6.45, 7) is 5.36. The molecule has 1 amide bonds. The zero-order chi connectivity index (χ0) is 15.6. The molecule has 1 atom stereocenters. The van der Waals surface area contributed by atoms with Crippen LogP contribution in [0.4, 0.5) is 4.39 Å². The number of hydrogen-bond donors (Lipinski definition) is 2. The van der Waals surface area contributed by atoms with Gasteiger partial charge in [0.25, 0.3) is 5.91 Å². The molecule has 0 aliphatic rings. The molecule has 0 saturated heterocycles. The first-order chi connectivity index (χ1) is 9.93. The van der Waals surface area contributed by atoms with Gasteiger partial charge in [-0.3, -0.25) is 4.79 Å². The number of nitrogens with one attached hydrogen (secondary N) is 1. The van der Waals surface area contributed by atoms with Gasteiger partial charge in [0.2, 0.25) is 0 Å². The Bertz CT molecular complexity index is 647. The molecule has 1 aromatic heterocycles. The Balaban J connectivity index is 2.38. The summed E-state index contributed by atoms with van der Waals surface area (Å²) in [4.78, 5) is 12.2. The number of halogens is 1. The Morgan fingerprint density at radius 3 is 2.52 bits per heavy atom. The van der Waals surface area contributed by atoms with Gasteiger partial charge in [0.1, 0.15) is 5.82 Å². The van der Waals surface area contributed by atoms with Gasteiger partial charge in [-0.1, -0.05) is 0 Å². The van der Waals surface area contributed by atoms with Crippen LogP contribution in [0.5, 0.6) is 0 Å². The van der Waals surface area contributed by atoms with E-state index >= 15 is 0 Å². The van der Waals surface area contributed by atoms with Crippen molar-refractivity contribution < 1.29 is 14.3 Å². The van der Waals surface area contributed by atoms with Crippen molar-refractivity contribution in [1.82, 2.24) is 9.88 Å². The molecule has 21 heavy (non-hydrogen) atoms. The lowest BCUT2D eigenvalue weighted by atomic mass is 10.2. The predicted molar refractivity (Wildman–Crippen MR) is 79.2 cm³/mol. The Morgan fingerprint density at radius 1 is 1.33 bits per heavy atom. The summed E-state index contributed by atoms with van der Waals surface area (Å²) in [5, 5.41) is 11.7. The van der Waals surface area contributed by atoms with E-state index in [9.17, 15) is 9.18 Å². The molecule has 0 saturated carbocycles. The Morgan fingerprint density at radius 2 is 1.95 bits per heavy atom.